The molecule has 2 rings (SSSR count). The molecule has 1 heterocycles. The highest BCUT2D eigenvalue weighted by molar-refractivity contribution is 7.89. The Balaban J connectivity index is 2.35. The lowest BCUT2D eigenvalue weighted by molar-refractivity contribution is 0.448. The summed E-state index contributed by atoms with van der Waals surface area (Å²) in [4.78, 5) is 0.460. The molecule has 1 fully saturated rings. The van der Waals surface area contributed by atoms with Crippen LogP contribution in [-0.2, 0) is 10.0 Å². The van der Waals surface area contributed by atoms with Gasteiger partial charge in [-0.1, -0.05) is 18.2 Å². The van der Waals surface area contributed by atoms with Gasteiger partial charge in [0, 0.05) is 12.8 Å². The molecule has 0 radical (unpaired) electrons. The molecule has 88 valence electrons. The molecule has 1 aromatic rings. The van der Waals surface area contributed by atoms with Gasteiger partial charge in [-0.15, -0.1) is 8.58 Å². The first-order valence-electron chi connectivity index (χ1n) is 5.39. The summed E-state index contributed by atoms with van der Waals surface area (Å²) in [5.74, 6) is 0. The first-order valence-corrected chi connectivity index (χ1v) is 8.24. The summed E-state index contributed by atoms with van der Waals surface area (Å²) >= 11 is 0. The van der Waals surface area contributed by atoms with E-state index in [0.29, 0.717) is 17.7 Å². The second-order valence-electron chi connectivity index (χ2n) is 3.96. The fourth-order valence-electron chi connectivity index (χ4n) is 1.85. The van der Waals surface area contributed by atoms with Crippen molar-refractivity contribution in [1.82, 2.24) is 4.31 Å². The molecular formula is C11H16NO2PS. The van der Waals surface area contributed by atoms with Crippen LogP contribution in [0.1, 0.15) is 12.0 Å². The van der Waals surface area contributed by atoms with Crippen LogP contribution in [-0.4, -0.2) is 31.7 Å². The Morgan fingerprint density at radius 1 is 1.31 bits per heavy atom. The average Bonchev–Trinajstić information content (AvgIpc) is 2.30. The number of hydrogen-bond acceptors (Lipinski definition) is 2. The molecule has 0 bridgehead atoms. The zero-order valence-corrected chi connectivity index (χ0v) is 11.1. The van der Waals surface area contributed by atoms with Gasteiger partial charge in [0.2, 0.25) is 10.0 Å². The van der Waals surface area contributed by atoms with Crippen molar-refractivity contribution in [2.45, 2.75) is 18.2 Å². The van der Waals surface area contributed by atoms with Gasteiger partial charge in [-0.05, 0) is 31.1 Å². The summed E-state index contributed by atoms with van der Waals surface area (Å²) in [5, 5.41) is 0. The lowest BCUT2D eigenvalue weighted by atomic mass is 10.2. The molecule has 1 atom stereocenters. The van der Waals surface area contributed by atoms with Gasteiger partial charge in [-0.2, -0.15) is 4.31 Å². The van der Waals surface area contributed by atoms with Crippen LogP contribution in [0.15, 0.2) is 29.2 Å². The molecule has 0 aliphatic carbocycles. The lowest BCUT2D eigenvalue weighted by Crippen LogP contribution is -2.34. The van der Waals surface area contributed by atoms with Crippen molar-refractivity contribution in [3.63, 3.8) is 0 Å². The van der Waals surface area contributed by atoms with E-state index < -0.39 is 10.0 Å². The monoisotopic (exact) mass is 257 g/mol. The quantitative estimate of drug-likeness (QED) is 0.760. The van der Waals surface area contributed by atoms with Gasteiger partial charge < -0.3 is 0 Å². The minimum atomic E-state index is -3.25. The number of benzene rings is 1. The van der Waals surface area contributed by atoms with Gasteiger partial charge in [0.25, 0.3) is 0 Å². The van der Waals surface area contributed by atoms with Gasteiger partial charge >= 0.3 is 0 Å². The van der Waals surface area contributed by atoms with Gasteiger partial charge in [0.15, 0.2) is 0 Å². The first kappa shape index (κ1) is 12.0. The Morgan fingerprint density at radius 3 is 2.69 bits per heavy atom. The molecule has 1 aromatic carbocycles. The van der Waals surface area contributed by atoms with Crippen LogP contribution in [0.5, 0.6) is 0 Å². The molecule has 3 nitrogen and oxygen atoms in total. The third kappa shape index (κ3) is 2.29. The standard InChI is InChI=1S/C11H16NO2PS/c1-10-5-2-3-6-11(10)16(13,14)12-7-4-8-15-9-12/h2-3,5-6,15H,4,7-9H2,1H3. The molecule has 0 N–H and O–H groups in total. The zero-order chi connectivity index (χ0) is 11.6. The fraction of sp³-hybridized carbons (Fsp3) is 0.455. The van der Waals surface area contributed by atoms with E-state index in [1.807, 2.05) is 19.1 Å². The van der Waals surface area contributed by atoms with E-state index in [-0.39, 0.29) is 0 Å². The maximum Gasteiger partial charge on any atom is 0.243 e. The summed E-state index contributed by atoms with van der Waals surface area (Å²) in [6, 6.07) is 7.19. The van der Waals surface area contributed by atoms with Crippen molar-refractivity contribution >= 4 is 18.6 Å². The summed E-state index contributed by atoms with van der Waals surface area (Å²) < 4.78 is 26.3. The molecule has 0 spiro atoms. The molecular weight excluding hydrogens is 241 g/mol. The predicted octanol–water partition coefficient (Wildman–Crippen LogP) is 2.03. The van der Waals surface area contributed by atoms with Gasteiger partial charge in [-0.25, -0.2) is 8.42 Å². The van der Waals surface area contributed by atoms with Gasteiger partial charge in [0.1, 0.15) is 0 Å². The minimum Gasteiger partial charge on any atom is -0.207 e. The Hall–Kier alpha value is -0.440. The Morgan fingerprint density at radius 2 is 2.06 bits per heavy atom. The summed E-state index contributed by atoms with van der Waals surface area (Å²) in [6.45, 7) is 2.52. The van der Waals surface area contributed by atoms with Gasteiger partial charge in [0.05, 0.1) is 4.90 Å². The lowest BCUT2D eigenvalue weighted by Gasteiger charge is -2.26. The molecule has 5 heteroatoms. The second-order valence-corrected chi connectivity index (χ2v) is 7.18. The van der Waals surface area contributed by atoms with E-state index >= 15 is 0 Å². The van der Waals surface area contributed by atoms with Crippen molar-refractivity contribution in [3.05, 3.63) is 29.8 Å². The van der Waals surface area contributed by atoms with E-state index in [9.17, 15) is 8.42 Å². The van der Waals surface area contributed by atoms with E-state index in [2.05, 4.69) is 0 Å². The number of aryl methyl sites for hydroxylation is 1. The van der Waals surface area contributed by atoms with Crippen molar-refractivity contribution < 1.29 is 8.42 Å². The topological polar surface area (TPSA) is 37.4 Å². The highest BCUT2D eigenvalue weighted by Crippen LogP contribution is 2.27. The number of sulfonamides is 1. The molecule has 0 saturated carbocycles. The average molecular weight is 257 g/mol. The third-order valence-corrected chi connectivity index (χ3v) is 6.31. The molecule has 1 aliphatic heterocycles. The largest absolute Gasteiger partial charge is 0.243 e. The molecule has 1 aliphatic rings. The summed E-state index contributed by atoms with van der Waals surface area (Å²) in [7, 11) is -2.51. The summed E-state index contributed by atoms with van der Waals surface area (Å²) in [6.07, 6.45) is 2.85. The van der Waals surface area contributed by atoms with Crippen molar-refractivity contribution in [3.8, 4) is 0 Å². The Kier molecular flexibility index (Phi) is 3.63. The van der Waals surface area contributed by atoms with Crippen LogP contribution in [0.3, 0.4) is 0 Å². The number of hydrogen-bond donors (Lipinski definition) is 0. The molecule has 1 saturated heterocycles. The highest BCUT2D eigenvalue weighted by Gasteiger charge is 2.26. The number of nitrogens with zero attached hydrogens (tertiary/aromatic N) is 1. The smallest absolute Gasteiger partial charge is 0.207 e. The normalized spacial score (nSPS) is 20.1. The van der Waals surface area contributed by atoms with Crippen LogP contribution < -0.4 is 0 Å². The van der Waals surface area contributed by atoms with Gasteiger partial charge in [-0.3, -0.25) is 0 Å². The Labute approximate surface area is 98.7 Å². The molecule has 0 aromatic heterocycles. The highest BCUT2D eigenvalue weighted by atomic mass is 32.2. The molecule has 0 amide bonds. The SMILES string of the molecule is Cc1ccccc1S(=O)(=O)N1CCCPC1. The van der Waals surface area contributed by atoms with Crippen LogP contribution >= 0.6 is 8.58 Å². The predicted molar refractivity (Wildman–Crippen MR) is 67.7 cm³/mol. The van der Waals surface area contributed by atoms with E-state index in [1.54, 1.807) is 16.4 Å². The maximum absolute atomic E-state index is 12.3. The van der Waals surface area contributed by atoms with Crippen LogP contribution in [0, 0.1) is 6.92 Å². The van der Waals surface area contributed by atoms with Crippen LogP contribution in [0.2, 0.25) is 0 Å². The zero-order valence-electron chi connectivity index (χ0n) is 9.31. The van der Waals surface area contributed by atoms with E-state index in [4.69, 9.17) is 0 Å². The first-order chi connectivity index (χ1) is 7.62. The van der Waals surface area contributed by atoms with E-state index in [0.717, 1.165) is 20.6 Å². The number of rotatable bonds is 2. The third-order valence-electron chi connectivity index (χ3n) is 2.76. The molecule has 16 heavy (non-hydrogen) atoms. The van der Waals surface area contributed by atoms with Crippen molar-refractivity contribution in [2.75, 3.05) is 19.0 Å². The van der Waals surface area contributed by atoms with Crippen LogP contribution in [0.4, 0.5) is 0 Å². The second kappa shape index (κ2) is 4.82. The van der Waals surface area contributed by atoms with Crippen molar-refractivity contribution in [1.29, 1.82) is 0 Å². The minimum absolute atomic E-state index is 0.460. The summed E-state index contributed by atoms with van der Waals surface area (Å²) in [5.41, 5.74) is 0.830. The Bertz CT molecular complexity index is 467. The van der Waals surface area contributed by atoms with Crippen molar-refractivity contribution in [2.24, 2.45) is 0 Å². The molecule has 1 unspecified atom stereocenters. The van der Waals surface area contributed by atoms with E-state index in [1.165, 1.54) is 6.16 Å². The van der Waals surface area contributed by atoms with Crippen LogP contribution in [0.25, 0.3) is 0 Å². The fourth-order valence-corrected chi connectivity index (χ4v) is 5.15. The maximum atomic E-state index is 12.3.